The molecule has 0 atom stereocenters. The number of amides is 1. The van der Waals surface area contributed by atoms with Crippen LogP contribution in [0.1, 0.15) is 16.1 Å². The Labute approximate surface area is 121 Å². The van der Waals surface area contributed by atoms with Crippen LogP contribution in [0.4, 0.5) is 0 Å². The lowest BCUT2D eigenvalue weighted by Crippen LogP contribution is -2.12. The maximum absolute atomic E-state index is 11.4. The molecule has 3 N–H and O–H groups in total. The van der Waals surface area contributed by atoms with Crippen LogP contribution in [0.25, 0.3) is 22.4 Å². The van der Waals surface area contributed by atoms with Crippen LogP contribution in [0.2, 0.25) is 0 Å². The number of aryl methyl sites for hydroxylation is 1. The van der Waals surface area contributed by atoms with Gasteiger partial charge < -0.3 is 5.73 Å². The van der Waals surface area contributed by atoms with Gasteiger partial charge in [0.2, 0.25) is 0 Å². The van der Waals surface area contributed by atoms with Crippen molar-refractivity contribution in [2.75, 3.05) is 0 Å². The monoisotopic (exact) mass is 278 g/mol. The molecule has 3 aromatic rings. The normalized spacial score (nSPS) is 10.5. The Morgan fingerprint density at radius 1 is 1.05 bits per heavy atom. The first-order valence-electron chi connectivity index (χ1n) is 6.54. The summed E-state index contributed by atoms with van der Waals surface area (Å²) in [4.78, 5) is 11.4. The van der Waals surface area contributed by atoms with Gasteiger partial charge in [0.15, 0.2) is 5.69 Å². The highest BCUT2D eigenvalue weighted by Crippen LogP contribution is 2.28. The van der Waals surface area contributed by atoms with Crippen LogP contribution in [0.3, 0.4) is 0 Å². The van der Waals surface area contributed by atoms with E-state index in [0.29, 0.717) is 5.69 Å². The molecule has 1 heterocycles. The van der Waals surface area contributed by atoms with Crippen LogP contribution in [-0.4, -0.2) is 21.3 Å². The van der Waals surface area contributed by atoms with Gasteiger partial charge in [0.05, 0.1) is 0 Å². The van der Waals surface area contributed by atoms with Crippen LogP contribution < -0.4 is 5.73 Å². The van der Waals surface area contributed by atoms with Crippen molar-refractivity contribution in [2.45, 2.75) is 6.92 Å². The van der Waals surface area contributed by atoms with E-state index in [2.05, 4.69) is 34.5 Å². The van der Waals surface area contributed by atoms with Gasteiger partial charge in [-0.15, -0.1) is 0 Å². The Hall–Kier alpha value is -2.95. The molecule has 0 saturated carbocycles. The van der Waals surface area contributed by atoms with E-state index in [0.717, 1.165) is 16.7 Å². The van der Waals surface area contributed by atoms with Gasteiger partial charge in [-0.2, -0.15) is 15.4 Å². The summed E-state index contributed by atoms with van der Waals surface area (Å²) in [5, 5.41) is 10.3. The zero-order valence-electron chi connectivity index (χ0n) is 11.5. The smallest absolute Gasteiger partial charge is 0.271 e. The number of hydrogen-bond donors (Lipinski definition) is 2. The highest BCUT2D eigenvalue weighted by molar-refractivity contribution is 5.97. The number of nitrogens with zero attached hydrogens (tertiary/aromatic N) is 2. The molecule has 5 nitrogen and oxygen atoms in total. The van der Waals surface area contributed by atoms with E-state index in [1.807, 2.05) is 36.4 Å². The van der Waals surface area contributed by atoms with Crippen molar-refractivity contribution in [3.05, 3.63) is 59.8 Å². The van der Waals surface area contributed by atoms with E-state index in [1.165, 1.54) is 5.56 Å². The van der Waals surface area contributed by atoms with Gasteiger partial charge in [0.1, 0.15) is 5.69 Å². The Balaban J connectivity index is 2.11. The molecule has 0 bridgehead atoms. The molecule has 0 unspecified atom stereocenters. The Kier molecular flexibility index (Phi) is 3.23. The van der Waals surface area contributed by atoms with E-state index < -0.39 is 5.91 Å². The minimum absolute atomic E-state index is 0.150. The van der Waals surface area contributed by atoms with Gasteiger partial charge in [-0.05, 0) is 29.7 Å². The average Bonchev–Trinajstić information content (AvgIpc) is 2.97. The van der Waals surface area contributed by atoms with Gasteiger partial charge in [0.25, 0.3) is 5.91 Å². The van der Waals surface area contributed by atoms with E-state index in [-0.39, 0.29) is 5.69 Å². The van der Waals surface area contributed by atoms with Crippen molar-refractivity contribution in [1.82, 2.24) is 15.4 Å². The summed E-state index contributed by atoms with van der Waals surface area (Å²) in [6.45, 7) is 2.06. The summed E-state index contributed by atoms with van der Waals surface area (Å²) in [5.41, 5.74) is 10.1. The van der Waals surface area contributed by atoms with Gasteiger partial charge in [-0.1, -0.05) is 42.5 Å². The van der Waals surface area contributed by atoms with Crippen molar-refractivity contribution in [3.8, 4) is 22.4 Å². The van der Waals surface area contributed by atoms with Crippen LogP contribution >= 0.6 is 0 Å². The molecule has 2 aromatic carbocycles. The van der Waals surface area contributed by atoms with Crippen molar-refractivity contribution >= 4 is 5.91 Å². The highest BCUT2D eigenvalue weighted by atomic mass is 16.1. The third kappa shape index (κ3) is 2.41. The Bertz CT molecular complexity index is 807. The molecule has 3 rings (SSSR count). The van der Waals surface area contributed by atoms with E-state index in [1.54, 1.807) is 0 Å². The summed E-state index contributed by atoms with van der Waals surface area (Å²) in [5.74, 6) is -0.597. The number of hydrogen-bond acceptors (Lipinski definition) is 3. The lowest BCUT2D eigenvalue weighted by atomic mass is 9.98. The van der Waals surface area contributed by atoms with Crippen LogP contribution in [0.5, 0.6) is 0 Å². The number of aromatic nitrogens is 3. The molecule has 0 aliphatic heterocycles. The van der Waals surface area contributed by atoms with Gasteiger partial charge >= 0.3 is 0 Å². The SMILES string of the molecule is Cc1ccccc1-c1cccc(-c2n[nH]nc2C(N)=O)c1. The summed E-state index contributed by atoms with van der Waals surface area (Å²) in [6.07, 6.45) is 0. The number of nitrogens with one attached hydrogen (secondary N) is 1. The first-order valence-corrected chi connectivity index (χ1v) is 6.54. The molecule has 0 fully saturated rings. The van der Waals surface area contributed by atoms with E-state index in [4.69, 9.17) is 5.73 Å². The number of primary amides is 1. The molecule has 1 aromatic heterocycles. The number of benzene rings is 2. The molecule has 0 saturated heterocycles. The van der Waals surface area contributed by atoms with Gasteiger partial charge in [0, 0.05) is 5.56 Å². The lowest BCUT2D eigenvalue weighted by Gasteiger charge is -2.07. The Morgan fingerprint density at radius 3 is 2.57 bits per heavy atom. The minimum atomic E-state index is -0.597. The molecule has 5 heteroatoms. The van der Waals surface area contributed by atoms with E-state index in [9.17, 15) is 4.79 Å². The maximum Gasteiger partial charge on any atom is 0.271 e. The average molecular weight is 278 g/mol. The largest absolute Gasteiger partial charge is 0.364 e. The zero-order chi connectivity index (χ0) is 14.8. The molecular formula is C16H14N4O. The molecular weight excluding hydrogens is 264 g/mol. The fourth-order valence-corrected chi connectivity index (χ4v) is 2.33. The molecule has 1 amide bonds. The fourth-order valence-electron chi connectivity index (χ4n) is 2.33. The predicted molar refractivity (Wildman–Crippen MR) is 80.5 cm³/mol. The van der Waals surface area contributed by atoms with Crippen molar-refractivity contribution < 1.29 is 4.79 Å². The zero-order valence-corrected chi connectivity index (χ0v) is 11.5. The van der Waals surface area contributed by atoms with Crippen LogP contribution in [-0.2, 0) is 0 Å². The lowest BCUT2D eigenvalue weighted by molar-refractivity contribution is 0.0996. The minimum Gasteiger partial charge on any atom is -0.364 e. The molecule has 104 valence electrons. The molecule has 0 radical (unpaired) electrons. The van der Waals surface area contributed by atoms with Crippen molar-refractivity contribution in [3.63, 3.8) is 0 Å². The van der Waals surface area contributed by atoms with Gasteiger partial charge in [-0.3, -0.25) is 4.79 Å². The number of rotatable bonds is 3. The highest BCUT2D eigenvalue weighted by Gasteiger charge is 2.15. The standard InChI is InChI=1S/C16H14N4O/c1-10-5-2-3-8-13(10)11-6-4-7-12(9-11)14-15(16(17)21)19-20-18-14/h2-9H,1H3,(H2,17,21)(H,18,19,20). The molecule has 21 heavy (non-hydrogen) atoms. The second-order valence-corrected chi connectivity index (χ2v) is 4.78. The molecule has 0 aliphatic carbocycles. The van der Waals surface area contributed by atoms with Crippen LogP contribution in [0, 0.1) is 6.92 Å². The van der Waals surface area contributed by atoms with Crippen molar-refractivity contribution in [1.29, 1.82) is 0 Å². The predicted octanol–water partition coefficient (Wildman–Crippen LogP) is 2.55. The van der Waals surface area contributed by atoms with Gasteiger partial charge in [-0.25, -0.2) is 0 Å². The second-order valence-electron chi connectivity index (χ2n) is 4.78. The fraction of sp³-hybridized carbons (Fsp3) is 0.0625. The van der Waals surface area contributed by atoms with Crippen LogP contribution in [0.15, 0.2) is 48.5 Å². The number of carbonyl (C=O) groups is 1. The summed E-state index contributed by atoms with van der Waals surface area (Å²) in [6, 6.07) is 15.9. The molecule has 0 spiro atoms. The molecule has 0 aliphatic rings. The summed E-state index contributed by atoms with van der Waals surface area (Å²) >= 11 is 0. The number of H-pyrrole nitrogens is 1. The first kappa shape index (κ1) is 13.1. The topological polar surface area (TPSA) is 84.7 Å². The number of aromatic amines is 1. The third-order valence-electron chi connectivity index (χ3n) is 3.37. The third-order valence-corrected chi connectivity index (χ3v) is 3.37. The maximum atomic E-state index is 11.4. The quantitative estimate of drug-likeness (QED) is 0.772. The number of nitrogens with two attached hydrogens (primary N) is 1. The Morgan fingerprint density at radius 2 is 1.81 bits per heavy atom. The summed E-state index contributed by atoms with van der Waals surface area (Å²) < 4.78 is 0. The van der Waals surface area contributed by atoms with E-state index >= 15 is 0 Å². The van der Waals surface area contributed by atoms with Crippen molar-refractivity contribution in [2.24, 2.45) is 5.73 Å². The first-order chi connectivity index (χ1) is 10.2. The summed E-state index contributed by atoms with van der Waals surface area (Å²) in [7, 11) is 0. The second kappa shape index (κ2) is 5.20. The number of carbonyl (C=O) groups excluding carboxylic acids is 1.